The SMILES string of the molecule is COCCC(=O)C1COCCC1=O. The Labute approximate surface area is 77.2 Å². The summed E-state index contributed by atoms with van der Waals surface area (Å²) in [5.74, 6) is -0.595. The summed E-state index contributed by atoms with van der Waals surface area (Å²) in [6.45, 7) is 1.08. The molecule has 0 aromatic heterocycles. The van der Waals surface area contributed by atoms with E-state index in [0.717, 1.165) is 0 Å². The van der Waals surface area contributed by atoms with E-state index in [2.05, 4.69) is 0 Å². The van der Waals surface area contributed by atoms with Crippen LogP contribution in [0.3, 0.4) is 0 Å². The summed E-state index contributed by atoms with van der Waals surface area (Å²) >= 11 is 0. The molecule has 13 heavy (non-hydrogen) atoms. The van der Waals surface area contributed by atoms with Crippen LogP contribution >= 0.6 is 0 Å². The number of ketones is 2. The standard InChI is InChI=1S/C9H14O4/c1-12-4-2-8(10)7-6-13-5-3-9(7)11/h7H,2-6H2,1H3. The van der Waals surface area contributed by atoms with Crippen molar-refractivity contribution in [3.8, 4) is 0 Å². The highest BCUT2D eigenvalue weighted by atomic mass is 16.5. The zero-order valence-corrected chi connectivity index (χ0v) is 7.75. The van der Waals surface area contributed by atoms with Crippen molar-refractivity contribution in [1.82, 2.24) is 0 Å². The number of ether oxygens (including phenoxy) is 2. The van der Waals surface area contributed by atoms with E-state index >= 15 is 0 Å². The van der Waals surface area contributed by atoms with Gasteiger partial charge in [-0.3, -0.25) is 9.59 Å². The van der Waals surface area contributed by atoms with Crippen LogP contribution in [-0.2, 0) is 19.1 Å². The van der Waals surface area contributed by atoms with Crippen molar-refractivity contribution < 1.29 is 19.1 Å². The summed E-state index contributed by atoms with van der Waals surface area (Å²) in [7, 11) is 1.53. The molecule has 1 unspecified atom stereocenters. The van der Waals surface area contributed by atoms with Gasteiger partial charge in [0.25, 0.3) is 0 Å². The first-order valence-electron chi connectivity index (χ1n) is 4.38. The van der Waals surface area contributed by atoms with Crippen LogP contribution in [-0.4, -0.2) is 38.5 Å². The van der Waals surface area contributed by atoms with Gasteiger partial charge in [0.2, 0.25) is 0 Å². The van der Waals surface area contributed by atoms with Gasteiger partial charge in [0.1, 0.15) is 11.6 Å². The van der Waals surface area contributed by atoms with Crippen LogP contribution < -0.4 is 0 Å². The second-order valence-electron chi connectivity index (χ2n) is 3.05. The molecule has 4 nitrogen and oxygen atoms in total. The quantitative estimate of drug-likeness (QED) is 0.588. The van der Waals surface area contributed by atoms with Crippen molar-refractivity contribution in [2.24, 2.45) is 5.92 Å². The van der Waals surface area contributed by atoms with Gasteiger partial charge in [0.15, 0.2) is 0 Å². The number of rotatable bonds is 4. The van der Waals surface area contributed by atoms with Crippen molar-refractivity contribution in [3.63, 3.8) is 0 Å². The van der Waals surface area contributed by atoms with E-state index in [1.165, 1.54) is 7.11 Å². The maximum absolute atomic E-state index is 11.4. The molecule has 0 aliphatic carbocycles. The van der Waals surface area contributed by atoms with Crippen molar-refractivity contribution in [1.29, 1.82) is 0 Å². The monoisotopic (exact) mass is 186 g/mol. The molecule has 0 saturated carbocycles. The molecule has 1 aliphatic rings. The molecule has 0 amide bonds. The van der Waals surface area contributed by atoms with Crippen molar-refractivity contribution in [2.45, 2.75) is 12.8 Å². The van der Waals surface area contributed by atoms with E-state index in [1.807, 2.05) is 0 Å². The highest BCUT2D eigenvalue weighted by Crippen LogP contribution is 2.12. The van der Waals surface area contributed by atoms with Crippen molar-refractivity contribution in [3.05, 3.63) is 0 Å². The number of carbonyl (C=O) groups is 2. The predicted octanol–water partition coefficient (Wildman–Crippen LogP) is 0.198. The molecule has 0 aromatic rings. The topological polar surface area (TPSA) is 52.6 Å². The summed E-state index contributed by atoms with van der Waals surface area (Å²) in [6.07, 6.45) is 0.666. The Balaban J connectivity index is 2.39. The fourth-order valence-electron chi connectivity index (χ4n) is 1.29. The Kier molecular flexibility index (Phi) is 4.05. The minimum atomic E-state index is -0.538. The minimum Gasteiger partial charge on any atom is -0.384 e. The molecule has 0 aromatic carbocycles. The maximum Gasteiger partial charge on any atom is 0.147 e. The first-order valence-corrected chi connectivity index (χ1v) is 4.38. The molecular formula is C9H14O4. The second kappa shape index (κ2) is 5.09. The van der Waals surface area contributed by atoms with Crippen LogP contribution in [0.2, 0.25) is 0 Å². The average molecular weight is 186 g/mol. The predicted molar refractivity (Wildman–Crippen MR) is 45.4 cm³/mol. The van der Waals surface area contributed by atoms with Gasteiger partial charge in [-0.05, 0) is 0 Å². The third-order valence-electron chi connectivity index (χ3n) is 2.11. The molecule has 0 bridgehead atoms. The average Bonchev–Trinajstić information content (AvgIpc) is 2.15. The van der Waals surface area contributed by atoms with Crippen LogP contribution in [0.1, 0.15) is 12.8 Å². The molecule has 1 fully saturated rings. The molecule has 0 spiro atoms. The molecular weight excluding hydrogens is 172 g/mol. The lowest BCUT2D eigenvalue weighted by Gasteiger charge is -2.19. The van der Waals surface area contributed by atoms with Gasteiger partial charge in [0, 0.05) is 20.0 Å². The molecule has 74 valence electrons. The van der Waals surface area contributed by atoms with Gasteiger partial charge in [0.05, 0.1) is 25.7 Å². The first-order chi connectivity index (χ1) is 6.25. The van der Waals surface area contributed by atoms with Gasteiger partial charge in [-0.15, -0.1) is 0 Å². The lowest BCUT2D eigenvalue weighted by Crippen LogP contribution is -2.34. The zero-order valence-electron chi connectivity index (χ0n) is 7.75. The Bertz CT molecular complexity index is 200. The van der Waals surface area contributed by atoms with E-state index in [1.54, 1.807) is 0 Å². The van der Waals surface area contributed by atoms with Crippen molar-refractivity contribution >= 4 is 11.6 Å². The second-order valence-corrected chi connectivity index (χ2v) is 3.05. The lowest BCUT2D eigenvalue weighted by molar-refractivity contribution is -0.140. The molecule has 0 radical (unpaired) electrons. The van der Waals surface area contributed by atoms with Crippen molar-refractivity contribution in [2.75, 3.05) is 26.9 Å². The lowest BCUT2D eigenvalue weighted by atomic mass is 9.94. The number of carbonyl (C=O) groups excluding carboxylic acids is 2. The van der Waals surface area contributed by atoms with Crippen LogP contribution in [0.15, 0.2) is 0 Å². The fourth-order valence-corrected chi connectivity index (χ4v) is 1.29. The smallest absolute Gasteiger partial charge is 0.147 e. The summed E-state index contributed by atoms with van der Waals surface area (Å²) in [5.41, 5.74) is 0. The van der Waals surface area contributed by atoms with Gasteiger partial charge < -0.3 is 9.47 Å². The summed E-state index contributed by atoms with van der Waals surface area (Å²) in [6, 6.07) is 0. The van der Waals surface area contributed by atoms with E-state index in [-0.39, 0.29) is 18.2 Å². The van der Waals surface area contributed by atoms with E-state index in [4.69, 9.17) is 9.47 Å². The van der Waals surface area contributed by atoms with E-state index in [0.29, 0.717) is 26.1 Å². The fraction of sp³-hybridized carbons (Fsp3) is 0.778. The number of Topliss-reactive ketones (excluding diaryl/α,β-unsaturated/α-hetero) is 2. The first kappa shape index (κ1) is 10.3. The van der Waals surface area contributed by atoms with Gasteiger partial charge >= 0.3 is 0 Å². The zero-order chi connectivity index (χ0) is 9.68. The Morgan fingerprint density at radius 1 is 1.69 bits per heavy atom. The Morgan fingerprint density at radius 2 is 2.46 bits per heavy atom. The van der Waals surface area contributed by atoms with Gasteiger partial charge in [-0.2, -0.15) is 0 Å². The summed E-state index contributed by atoms with van der Waals surface area (Å²) in [5, 5.41) is 0. The third kappa shape index (κ3) is 2.90. The van der Waals surface area contributed by atoms with Crippen LogP contribution in [0.5, 0.6) is 0 Å². The number of methoxy groups -OCH3 is 1. The molecule has 0 N–H and O–H groups in total. The molecule has 1 aliphatic heterocycles. The molecule has 4 heteroatoms. The van der Waals surface area contributed by atoms with E-state index in [9.17, 15) is 9.59 Å². The Morgan fingerprint density at radius 3 is 3.08 bits per heavy atom. The number of hydrogen-bond acceptors (Lipinski definition) is 4. The summed E-state index contributed by atoms with van der Waals surface area (Å²) in [4.78, 5) is 22.6. The molecule has 1 atom stereocenters. The van der Waals surface area contributed by atoms with E-state index < -0.39 is 5.92 Å². The highest BCUT2D eigenvalue weighted by molar-refractivity contribution is 6.02. The maximum atomic E-state index is 11.4. The van der Waals surface area contributed by atoms with Crippen LogP contribution in [0.4, 0.5) is 0 Å². The molecule has 1 heterocycles. The Hall–Kier alpha value is -0.740. The van der Waals surface area contributed by atoms with Crippen LogP contribution in [0.25, 0.3) is 0 Å². The van der Waals surface area contributed by atoms with Gasteiger partial charge in [-0.1, -0.05) is 0 Å². The molecule has 1 saturated heterocycles. The molecule has 1 rings (SSSR count). The largest absolute Gasteiger partial charge is 0.384 e. The van der Waals surface area contributed by atoms with Gasteiger partial charge in [-0.25, -0.2) is 0 Å². The normalized spacial score (nSPS) is 23.2. The van der Waals surface area contributed by atoms with Crippen LogP contribution in [0, 0.1) is 5.92 Å². The third-order valence-corrected chi connectivity index (χ3v) is 2.11. The number of hydrogen-bond donors (Lipinski definition) is 0. The highest BCUT2D eigenvalue weighted by Gasteiger charge is 2.28. The summed E-state index contributed by atoms with van der Waals surface area (Å²) < 4.78 is 9.84. The minimum absolute atomic E-state index is 0.00681.